The molecular formula is C13H19FN2O2. The van der Waals surface area contributed by atoms with Crippen LogP contribution in [-0.4, -0.2) is 25.9 Å². The van der Waals surface area contributed by atoms with Crippen molar-refractivity contribution in [2.24, 2.45) is 0 Å². The van der Waals surface area contributed by atoms with Gasteiger partial charge >= 0.3 is 0 Å². The van der Waals surface area contributed by atoms with Crippen molar-refractivity contribution in [2.45, 2.75) is 31.9 Å². The molecule has 0 atom stereocenters. The van der Waals surface area contributed by atoms with E-state index in [0.29, 0.717) is 23.2 Å². The lowest BCUT2D eigenvalue weighted by atomic mass is 9.89. The van der Waals surface area contributed by atoms with Gasteiger partial charge in [0.25, 0.3) is 0 Å². The molecule has 1 saturated carbocycles. The molecule has 0 aromatic heterocycles. The first-order valence-electron chi connectivity index (χ1n) is 6.15. The number of hydrogen-bond donors (Lipinski definition) is 2. The SMILES string of the molecule is CCOC1CC(Nc2cc(OC)c(N)cc2F)C1. The molecule has 0 amide bonds. The first-order valence-corrected chi connectivity index (χ1v) is 6.15. The van der Waals surface area contributed by atoms with Gasteiger partial charge in [-0.25, -0.2) is 4.39 Å². The molecule has 1 aromatic carbocycles. The third kappa shape index (κ3) is 2.67. The zero-order valence-electron chi connectivity index (χ0n) is 10.7. The van der Waals surface area contributed by atoms with Crippen molar-refractivity contribution >= 4 is 11.4 Å². The lowest BCUT2D eigenvalue weighted by Crippen LogP contribution is -2.41. The van der Waals surface area contributed by atoms with E-state index in [1.54, 1.807) is 6.07 Å². The van der Waals surface area contributed by atoms with E-state index in [-0.39, 0.29) is 11.9 Å². The fourth-order valence-corrected chi connectivity index (χ4v) is 2.13. The van der Waals surface area contributed by atoms with Crippen LogP contribution >= 0.6 is 0 Å². The number of nitrogen functional groups attached to an aromatic ring is 1. The Morgan fingerprint density at radius 3 is 2.78 bits per heavy atom. The van der Waals surface area contributed by atoms with Crippen LogP contribution in [-0.2, 0) is 4.74 Å². The van der Waals surface area contributed by atoms with E-state index < -0.39 is 0 Å². The Hall–Kier alpha value is -1.49. The highest BCUT2D eigenvalue weighted by molar-refractivity contribution is 5.62. The van der Waals surface area contributed by atoms with E-state index in [1.165, 1.54) is 13.2 Å². The minimum atomic E-state index is -0.354. The molecule has 3 N–H and O–H groups in total. The Balaban J connectivity index is 1.98. The van der Waals surface area contributed by atoms with Crippen LogP contribution in [0.1, 0.15) is 19.8 Å². The molecule has 100 valence electrons. The van der Waals surface area contributed by atoms with Gasteiger partial charge in [0.15, 0.2) is 0 Å². The minimum absolute atomic E-state index is 0.254. The van der Waals surface area contributed by atoms with Gasteiger partial charge in [-0.1, -0.05) is 0 Å². The van der Waals surface area contributed by atoms with Crippen LogP contribution in [0.4, 0.5) is 15.8 Å². The Bertz CT molecular complexity index is 420. The number of rotatable bonds is 5. The molecule has 4 nitrogen and oxygen atoms in total. The number of anilines is 2. The maximum atomic E-state index is 13.7. The molecule has 0 unspecified atom stereocenters. The van der Waals surface area contributed by atoms with Crippen molar-refractivity contribution in [3.05, 3.63) is 17.9 Å². The fraction of sp³-hybridized carbons (Fsp3) is 0.538. The van der Waals surface area contributed by atoms with Crippen molar-refractivity contribution in [1.82, 2.24) is 0 Å². The number of nitrogens with two attached hydrogens (primary N) is 1. The summed E-state index contributed by atoms with van der Waals surface area (Å²) >= 11 is 0. The minimum Gasteiger partial charge on any atom is -0.495 e. The van der Waals surface area contributed by atoms with Gasteiger partial charge in [0, 0.05) is 24.8 Å². The van der Waals surface area contributed by atoms with Gasteiger partial charge in [-0.05, 0) is 19.8 Å². The highest BCUT2D eigenvalue weighted by Crippen LogP contribution is 2.32. The standard InChI is InChI=1S/C13H19FN2O2/c1-3-18-9-4-8(5-9)16-12-7-13(17-2)11(15)6-10(12)14/h6-9,16H,3-5,15H2,1-2H3. The Kier molecular flexibility index (Phi) is 3.91. The van der Waals surface area contributed by atoms with E-state index in [2.05, 4.69) is 5.32 Å². The largest absolute Gasteiger partial charge is 0.495 e. The number of hydrogen-bond acceptors (Lipinski definition) is 4. The average Bonchev–Trinajstić information content (AvgIpc) is 2.29. The van der Waals surface area contributed by atoms with Crippen LogP contribution in [0.3, 0.4) is 0 Å². The number of ether oxygens (including phenoxy) is 2. The Morgan fingerprint density at radius 1 is 1.44 bits per heavy atom. The number of nitrogens with one attached hydrogen (secondary N) is 1. The van der Waals surface area contributed by atoms with Crippen molar-refractivity contribution in [2.75, 3.05) is 24.8 Å². The van der Waals surface area contributed by atoms with E-state index in [0.717, 1.165) is 19.4 Å². The monoisotopic (exact) mass is 254 g/mol. The summed E-state index contributed by atoms with van der Waals surface area (Å²) in [6.45, 7) is 2.70. The van der Waals surface area contributed by atoms with Gasteiger partial charge in [0.1, 0.15) is 11.6 Å². The smallest absolute Gasteiger partial charge is 0.148 e. The van der Waals surface area contributed by atoms with E-state index in [9.17, 15) is 4.39 Å². The quantitative estimate of drug-likeness (QED) is 0.792. The molecule has 1 aliphatic carbocycles. The van der Waals surface area contributed by atoms with Crippen molar-refractivity contribution in [1.29, 1.82) is 0 Å². The Morgan fingerprint density at radius 2 is 2.17 bits per heavy atom. The highest BCUT2D eigenvalue weighted by Gasteiger charge is 2.30. The van der Waals surface area contributed by atoms with Gasteiger partial charge < -0.3 is 20.5 Å². The second-order valence-electron chi connectivity index (χ2n) is 4.46. The van der Waals surface area contributed by atoms with E-state index in [1.807, 2.05) is 6.92 Å². The molecule has 2 rings (SSSR count). The summed E-state index contributed by atoms with van der Waals surface area (Å²) in [5, 5.41) is 3.15. The molecule has 0 bridgehead atoms. The molecule has 1 aliphatic rings. The predicted molar refractivity (Wildman–Crippen MR) is 69.4 cm³/mol. The first kappa shape index (κ1) is 13.0. The lowest BCUT2D eigenvalue weighted by Gasteiger charge is -2.36. The van der Waals surface area contributed by atoms with Crippen LogP contribution in [0.5, 0.6) is 5.75 Å². The number of benzene rings is 1. The first-order chi connectivity index (χ1) is 8.63. The zero-order chi connectivity index (χ0) is 13.1. The third-order valence-corrected chi connectivity index (χ3v) is 3.18. The molecule has 18 heavy (non-hydrogen) atoms. The number of halogens is 1. The summed E-state index contributed by atoms with van der Waals surface area (Å²) in [7, 11) is 1.52. The van der Waals surface area contributed by atoms with Crippen LogP contribution in [0, 0.1) is 5.82 Å². The normalized spacial score (nSPS) is 22.4. The fourth-order valence-electron chi connectivity index (χ4n) is 2.13. The van der Waals surface area contributed by atoms with Crippen molar-refractivity contribution in [3.63, 3.8) is 0 Å². The third-order valence-electron chi connectivity index (χ3n) is 3.18. The van der Waals surface area contributed by atoms with E-state index >= 15 is 0 Å². The van der Waals surface area contributed by atoms with Gasteiger partial charge in [-0.15, -0.1) is 0 Å². The molecule has 0 heterocycles. The molecule has 0 saturated heterocycles. The summed E-state index contributed by atoms with van der Waals surface area (Å²) in [4.78, 5) is 0. The lowest BCUT2D eigenvalue weighted by molar-refractivity contribution is 0.00293. The summed E-state index contributed by atoms with van der Waals surface area (Å²) in [5.74, 6) is 0.132. The van der Waals surface area contributed by atoms with Crippen LogP contribution in [0.15, 0.2) is 12.1 Å². The second-order valence-corrected chi connectivity index (χ2v) is 4.46. The predicted octanol–water partition coefficient (Wildman–Crippen LogP) is 2.40. The molecule has 0 aliphatic heterocycles. The molecule has 0 spiro atoms. The van der Waals surface area contributed by atoms with Crippen molar-refractivity contribution in [3.8, 4) is 5.75 Å². The Labute approximate surface area is 106 Å². The van der Waals surface area contributed by atoms with Crippen LogP contribution < -0.4 is 15.8 Å². The van der Waals surface area contributed by atoms with Crippen molar-refractivity contribution < 1.29 is 13.9 Å². The molecule has 1 fully saturated rings. The summed E-state index contributed by atoms with van der Waals surface area (Å²) in [6, 6.07) is 3.13. The molecular weight excluding hydrogens is 235 g/mol. The summed E-state index contributed by atoms with van der Waals surface area (Å²) < 4.78 is 24.2. The zero-order valence-corrected chi connectivity index (χ0v) is 10.7. The molecule has 0 radical (unpaired) electrons. The molecule has 1 aromatic rings. The van der Waals surface area contributed by atoms with E-state index in [4.69, 9.17) is 15.2 Å². The maximum absolute atomic E-state index is 13.7. The van der Waals surface area contributed by atoms with Crippen LogP contribution in [0.25, 0.3) is 0 Å². The van der Waals surface area contributed by atoms with Crippen LogP contribution in [0.2, 0.25) is 0 Å². The molecule has 5 heteroatoms. The van der Waals surface area contributed by atoms with Gasteiger partial charge in [-0.2, -0.15) is 0 Å². The van der Waals surface area contributed by atoms with Gasteiger partial charge in [0.05, 0.1) is 24.6 Å². The maximum Gasteiger partial charge on any atom is 0.148 e. The summed E-state index contributed by atoms with van der Waals surface area (Å²) in [6.07, 6.45) is 2.10. The van der Waals surface area contributed by atoms with Gasteiger partial charge in [-0.3, -0.25) is 0 Å². The topological polar surface area (TPSA) is 56.5 Å². The highest BCUT2D eigenvalue weighted by atomic mass is 19.1. The summed E-state index contributed by atoms with van der Waals surface area (Å²) in [5.41, 5.74) is 6.37. The number of methoxy groups -OCH3 is 1. The second kappa shape index (κ2) is 5.44. The average molecular weight is 254 g/mol. The van der Waals surface area contributed by atoms with Gasteiger partial charge in [0.2, 0.25) is 0 Å².